The van der Waals surface area contributed by atoms with E-state index in [2.05, 4.69) is 6.08 Å². The minimum atomic E-state index is -4.25. The van der Waals surface area contributed by atoms with Crippen LogP contribution in [-0.2, 0) is 6.18 Å². The van der Waals surface area contributed by atoms with Crippen LogP contribution in [0.5, 0.6) is 0 Å². The predicted molar refractivity (Wildman–Crippen MR) is 115 cm³/mol. The second-order valence-electron chi connectivity index (χ2n) is 9.07. The first-order chi connectivity index (χ1) is 14.5. The summed E-state index contributed by atoms with van der Waals surface area (Å²) in [7, 11) is 0. The van der Waals surface area contributed by atoms with Crippen molar-refractivity contribution < 1.29 is 13.2 Å². The van der Waals surface area contributed by atoms with Gasteiger partial charge < -0.3 is 0 Å². The lowest BCUT2D eigenvalue weighted by molar-refractivity contribution is -0.137. The van der Waals surface area contributed by atoms with Gasteiger partial charge in [0.25, 0.3) is 0 Å². The first-order valence-electron chi connectivity index (χ1n) is 11.4. The number of benzene rings is 1. The molecule has 3 rings (SSSR count). The maximum absolute atomic E-state index is 12.7. The Labute approximate surface area is 178 Å². The molecule has 1 nitrogen and oxygen atoms in total. The number of hydrogen-bond acceptors (Lipinski definition) is 1. The van der Waals surface area contributed by atoms with Crippen LogP contribution in [0, 0.1) is 29.1 Å². The van der Waals surface area contributed by atoms with Crippen molar-refractivity contribution in [3.63, 3.8) is 0 Å². The van der Waals surface area contributed by atoms with Crippen molar-refractivity contribution in [2.45, 2.75) is 76.3 Å². The number of allylic oxidation sites excluding steroid dienone is 4. The Morgan fingerprint density at radius 2 is 1.40 bits per heavy atom. The fourth-order valence-corrected chi connectivity index (χ4v) is 5.19. The van der Waals surface area contributed by atoms with Gasteiger partial charge in [-0.25, -0.2) is 0 Å². The zero-order chi connectivity index (χ0) is 21.4. The van der Waals surface area contributed by atoms with E-state index in [4.69, 9.17) is 5.26 Å². The molecule has 0 saturated heterocycles. The van der Waals surface area contributed by atoms with Crippen molar-refractivity contribution in [3.8, 4) is 6.07 Å². The number of alkyl halides is 3. The van der Waals surface area contributed by atoms with Crippen LogP contribution in [0.1, 0.15) is 81.3 Å². The second kappa shape index (κ2) is 10.8. The highest BCUT2D eigenvalue weighted by molar-refractivity contribution is 5.27. The fraction of sp³-hybridized carbons (Fsp3) is 0.577. The first kappa shape index (κ1) is 22.7. The highest BCUT2D eigenvalue weighted by Crippen LogP contribution is 2.40. The van der Waals surface area contributed by atoms with Gasteiger partial charge in [0.15, 0.2) is 0 Å². The molecule has 1 aromatic carbocycles. The number of rotatable bonds is 6. The monoisotopic (exact) mass is 415 g/mol. The normalized spacial score (nSPS) is 28.1. The molecule has 0 radical (unpaired) electrons. The van der Waals surface area contributed by atoms with E-state index in [1.165, 1.54) is 69.6 Å². The quantitative estimate of drug-likeness (QED) is 0.339. The molecular weight excluding hydrogens is 383 g/mol. The zero-order valence-corrected chi connectivity index (χ0v) is 17.6. The van der Waals surface area contributed by atoms with Crippen molar-refractivity contribution in [2.75, 3.05) is 0 Å². The molecule has 162 valence electrons. The largest absolute Gasteiger partial charge is 0.416 e. The molecule has 0 N–H and O–H groups in total. The molecule has 0 heterocycles. The Balaban J connectivity index is 1.35. The standard InChI is InChI=1S/C26H32F3N/c27-26(28,29)25-17-15-24(16-18-25)23-13-11-22(12-14-23)10-9-21-7-5-20(6-8-21)4-2-1-3-19-30/h1-4,15-18,20-23H,5-14H2/b3-1+,4-2+/t20-,21-,22-,23-. The van der Waals surface area contributed by atoms with Gasteiger partial charge in [0.05, 0.1) is 11.6 Å². The summed E-state index contributed by atoms with van der Waals surface area (Å²) in [5, 5.41) is 8.51. The topological polar surface area (TPSA) is 23.8 Å². The van der Waals surface area contributed by atoms with Gasteiger partial charge in [-0.1, -0.05) is 43.2 Å². The highest BCUT2D eigenvalue weighted by Gasteiger charge is 2.31. The molecule has 0 aliphatic heterocycles. The van der Waals surface area contributed by atoms with Crippen LogP contribution >= 0.6 is 0 Å². The van der Waals surface area contributed by atoms with Gasteiger partial charge in [0.2, 0.25) is 0 Å². The smallest absolute Gasteiger partial charge is 0.193 e. The molecule has 0 unspecified atom stereocenters. The summed E-state index contributed by atoms with van der Waals surface area (Å²) in [6.45, 7) is 0. The Morgan fingerprint density at radius 1 is 0.833 bits per heavy atom. The highest BCUT2D eigenvalue weighted by atomic mass is 19.4. The Morgan fingerprint density at radius 3 is 1.93 bits per heavy atom. The zero-order valence-electron chi connectivity index (χ0n) is 17.6. The molecule has 0 amide bonds. The number of hydrogen-bond donors (Lipinski definition) is 0. The van der Waals surface area contributed by atoms with Crippen LogP contribution in [0.2, 0.25) is 0 Å². The third-order valence-electron chi connectivity index (χ3n) is 7.10. The number of nitrogens with zero attached hydrogens (tertiary/aromatic N) is 1. The molecule has 0 bridgehead atoms. The van der Waals surface area contributed by atoms with E-state index in [0.717, 1.165) is 30.2 Å². The van der Waals surface area contributed by atoms with Crippen LogP contribution in [0.4, 0.5) is 13.2 Å². The lowest BCUT2D eigenvalue weighted by Gasteiger charge is -2.31. The van der Waals surface area contributed by atoms with E-state index < -0.39 is 11.7 Å². The maximum Gasteiger partial charge on any atom is 0.416 e. The molecule has 2 saturated carbocycles. The predicted octanol–water partition coefficient (Wildman–Crippen LogP) is 8.20. The van der Waals surface area contributed by atoms with Crippen LogP contribution < -0.4 is 0 Å². The van der Waals surface area contributed by atoms with Gasteiger partial charge in [-0.2, -0.15) is 18.4 Å². The molecular formula is C26H32F3N. The molecule has 0 spiro atoms. The van der Waals surface area contributed by atoms with Gasteiger partial charge in [0, 0.05) is 6.08 Å². The first-order valence-corrected chi connectivity index (χ1v) is 11.4. The third-order valence-corrected chi connectivity index (χ3v) is 7.10. The Hall–Kier alpha value is -2.02. The molecule has 4 heteroatoms. The van der Waals surface area contributed by atoms with E-state index in [-0.39, 0.29) is 0 Å². The summed E-state index contributed by atoms with van der Waals surface area (Å²) in [5.74, 6) is 2.70. The van der Waals surface area contributed by atoms with E-state index in [9.17, 15) is 13.2 Å². The van der Waals surface area contributed by atoms with Gasteiger partial charge in [-0.3, -0.25) is 0 Å². The molecule has 2 aliphatic carbocycles. The minimum absolute atomic E-state index is 0.417. The molecule has 30 heavy (non-hydrogen) atoms. The van der Waals surface area contributed by atoms with Crippen molar-refractivity contribution in [3.05, 3.63) is 59.7 Å². The van der Waals surface area contributed by atoms with Crippen LogP contribution in [0.25, 0.3) is 0 Å². The van der Waals surface area contributed by atoms with Crippen LogP contribution in [0.15, 0.2) is 48.6 Å². The maximum atomic E-state index is 12.7. The molecule has 2 aliphatic rings. The van der Waals surface area contributed by atoms with Crippen molar-refractivity contribution in [1.29, 1.82) is 5.26 Å². The second-order valence-corrected chi connectivity index (χ2v) is 9.07. The minimum Gasteiger partial charge on any atom is -0.193 e. The van der Waals surface area contributed by atoms with Crippen molar-refractivity contribution >= 4 is 0 Å². The Bertz CT molecular complexity index is 738. The summed E-state index contributed by atoms with van der Waals surface area (Å²) >= 11 is 0. The van der Waals surface area contributed by atoms with Gasteiger partial charge in [-0.15, -0.1) is 0 Å². The van der Waals surface area contributed by atoms with E-state index >= 15 is 0 Å². The average Bonchev–Trinajstić information content (AvgIpc) is 2.76. The summed E-state index contributed by atoms with van der Waals surface area (Å²) in [6.07, 6.45) is 15.7. The lowest BCUT2D eigenvalue weighted by atomic mass is 9.74. The van der Waals surface area contributed by atoms with E-state index in [1.807, 2.05) is 18.2 Å². The van der Waals surface area contributed by atoms with E-state index in [0.29, 0.717) is 11.8 Å². The van der Waals surface area contributed by atoms with Gasteiger partial charge >= 0.3 is 6.18 Å². The van der Waals surface area contributed by atoms with Crippen LogP contribution in [-0.4, -0.2) is 0 Å². The van der Waals surface area contributed by atoms with Crippen molar-refractivity contribution in [1.82, 2.24) is 0 Å². The number of halogens is 3. The van der Waals surface area contributed by atoms with Crippen molar-refractivity contribution in [2.24, 2.45) is 17.8 Å². The average molecular weight is 416 g/mol. The van der Waals surface area contributed by atoms with Gasteiger partial charge in [-0.05, 0) is 92.7 Å². The van der Waals surface area contributed by atoms with Gasteiger partial charge in [0.1, 0.15) is 0 Å². The summed E-state index contributed by atoms with van der Waals surface area (Å²) in [6, 6.07) is 7.82. The molecule has 0 aromatic heterocycles. The summed E-state index contributed by atoms with van der Waals surface area (Å²) in [4.78, 5) is 0. The molecule has 2 fully saturated rings. The summed E-state index contributed by atoms with van der Waals surface area (Å²) in [5.41, 5.74) is 0.515. The fourth-order valence-electron chi connectivity index (χ4n) is 5.19. The summed E-state index contributed by atoms with van der Waals surface area (Å²) < 4.78 is 38.2. The van der Waals surface area contributed by atoms with Crippen LogP contribution in [0.3, 0.4) is 0 Å². The third kappa shape index (κ3) is 6.76. The SMILES string of the molecule is N#C/C=C/C=C/[C@H]1CC[C@H](CC[C@H]2CC[C@H](c3ccc(C(F)(F)F)cc3)CC2)CC1. The lowest BCUT2D eigenvalue weighted by Crippen LogP contribution is -2.17. The molecule has 0 atom stereocenters. The Kier molecular flexibility index (Phi) is 8.19. The number of nitriles is 1. The molecule has 1 aromatic rings. The van der Waals surface area contributed by atoms with E-state index in [1.54, 1.807) is 12.1 Å².